The lowest BCUT2D eigenvalue weighted by molar-refractivity contribution is -0.126. The van der Waals surface area contributed by atoms with Gasteiger partial charge in [0.25, 0.3) is 5.91 Å². The van der Waals surface area contributed by atoms with Crippen LogP contribution >= 0.6 is 23.4 Å². The van der Waals surface area contributed by atoms with E-state index in [9.17, 15) is 10.1 Å². The highest BCUT2D eigenvalue weighted by Gasteiger charge is 2.30. The van der Waals surface area contributed by atoms with Crippen molar-refractivity contribution in [3.8, 4) is 24.2 Å². The second kappa shape index (κ2) is 8.96. The van der Waals surface area contributed by atoms with Crippen molar-refractivity contribution in [1.29, 1.82) is 5.26 Å². The number of aromatic nitrogens is 1. The van der Waals surface area contributed by atoms with Crippen LogP contribution in [0.5, 0.6) is 5.75 Å². The Morgan fingerprint density at radius 2 is 2.26 bits per heavy atom. The molecule has 0 aliphatic heterocycles. The normalized spacial score (nSPS) is 13.9. The predicted molar refractivity (Wildman–Crippen MR) is 107 cm³/mol. The summed E-state index contributed by atoms with van der Waals surface area (Å²) in [6, 6.07) is 7.09. The summed E-state index contributed by atoms with van der Waals surface area (Å²) in [7, 11) is 1.46. The fourth-order valence-electron chi connectivity index (χ4n) is 2.37. The van der Waals surface area contributed by atoms with Crippen molar-refractivity contribution >= 4 is 40.2 Å². The van der Waals surface area contributed by atoms with E-state index in [1.165, 1.54) is 18.9 Å². The fourth-order valence-corrected chi connectivity index (χ4v) is 3.12. The minimum Gasteiger partial charge on any atom is -0.470 e. The molecule has 0 radical (unpaired) electrons. The third kappa shape index (κ3) is 5.05. The van der Waals surface area contributed by atoms with E-state index in [0.717, 1.165) is 0 Å². The molecule has 8 heteroatoms. The van der Waals surface area contributed by atoms with Crippen molar-refractivity contribution in [1.82, 2.24) is 10.3 Å². The Balaban J connectivity index is 2.26. The first kappa shape index (κ1) is 20.9. The summed E-state index contributed by atoms with van der Waals surface area (Å²) in [6.45, 7) is 1.63. The van der Waals surface area contributed by atoms with E-state index >= 15 is 0 Å². The number of pyridine rings is 1. The molecule has 1 heterocycles. The molecular formula is C19H18ClN3O3S. The largest absolute Gasteiger partial charge is 0.470 e. The van der Waals surface area contributed by atoms with Crippen LogP contribution in [0.25, 0.3) is 10.9 Å². The number of carbonyl (C=O) groups excluding carboxylic acids is 1. The second-order valence-electron chi connectivity index (χ2n) is 5.90. The summed E-state index contributed by atoms with van der Waals surface area (Å²) >= 11 is 7.46. The van der Waals surface area contributed by atoms with Crippen molar-refractivity contribution in [3.05, 3.63) is 35.0 Å². The molecule has 1 amide bonds. The Kier molecular flexibility index (Phi) is 6.92. The molecule has 0 spiro atoms. The number of halogens is 1. The van der Waals surface area contributed by atoms with Crippen LogP contribution in [0, 0.1) is 23.7 Å². The van der Waals surface area contributed by atoms with Crippen LogP contribution in [0.3, 0.4) is 0 Å². The maximum absolute atomic E-state index is 12.5. The maximum atomic E-state index is 12.5. The number of fused-ring (bicyclic) bond motifs is 1. The Hall–Kier alpha value is -2.45. The third-order valence-electron chi connectivity index (χ3n) is 3.63. The SMILES string of the molecule is C#Cc1cnc2c(Cl)cc(OC(SC)C(=O)NC(C)(C#N)COC)cc2c1. The lowest BCUT2D eigenvalue weighted by Crippen LogP contribution is -2.52. The number of methoxy groups -OCH3 is 1. The Morgan fingerprint density at radius 3 is 2.85 bits per heavy atom. The van der Waals surface area contributed by atoms with E-state index < -0.39 is 16.9 Å². The number of amides is 1. The summed E-state index contributed by atoms with van der Waals surface area (Å²) < 4.78 is 10.8. The van der Waals surface area contributed by atoms with Gasteiger partial charge in [0.2, 0.25) is 5.44 Å². The Morgan fingerprint density at radius 1 is 1.52 bits per heavy atom. The lowest BCUT2D eigenvalue weighted by Gasteiger charge is -2.25. The number of nitriles is 1. The maximum Gasteiger partial charge on any atom is 0.273 e. The molecule has 0 aliphatic rings. The number of terminal acetylenes is 1. The van der Waals surface area contributed by atoms with Crippen molar-refractivity contribution in [2.24, 2.45) is 0 Å². The number of benzene rings is 1. The van der Waals surface area contributed by atoms with Gasteiger partial charge in [-0.1, -0.05) is 17.5 Å². The molecule has 0 aliphatic carbocycles. The average Bonchev–Trinajstić information content (AvgIpc) is 2.65. The molecule has 27 heavy (non-hydrogen) atoms. The molecule has 0 fully saturated rings. The van der Waals surface area contributed by atoms with Crippen molar-refractivity contribution in [2.75, 3.05) is 20.0 Å². The molecule has 140 valence electrons. The minimum absolute atomic E-state index is 0.0542. The Labute approximate surface area is 167 Å². The predicted octanol–water partition coefficient (Wildman–Crippen LogP) is 2.98. The van der Waals surface area contributed by atoms with Crippen LogP contribution in [-0.2, 0) is 9.53 Å². The van der Waals surface area contributed by atoms with Gasteiger partial charge in [-0.3, -0.25) is 9.78 Å². The molecule has 1 N–H and O–H groups in total. The molecule has 1 aromatic carbocycles. The van der Waals surface area contributed by atoms with Gasteiger partial charge in [-0.05, 0) is 25.3 Å². The zero-order chi connectivity index (χ0) is 20.0. The van der Waals surface area contributed by atoms with Gasteiger partial charge in [0, 0.05) is 30.3 Å². The van der Waals surface area contributed by atoms with E-state index in [-0.39, 0.29) is 6.61 Å². The number of hydrogen-bond acceptors (Lipinski definition) is 6. The third-order valence-corrected chi connectivity index (χ3v) is 4.65. The zero-order valence-corrected chi connectivity index (χ0v) is 16.6. The summed E-state index contributed by atoms with van der Waals surface area (Å²) in [6.07, 6.45) is 8.70. The highest BCUT2D eigenvalue weighted by Crippen LogP contribution is 2.30. The number of rotatable bonds is 7. The molecule has 0 saturated heterocycles. The van der Waals surface area contributed by atoms with Crippen LogP contribution < -0.4 is 10.1 Å². The van der Waals surface area contributed by atoms with Gasteiger partial charge in [-0.25, -0.2) is 0 Å². The van der Waals surface area contributed by atoms with E-state index in [1.54, 1.807) is 37.6 Å². The van der Waals surface area contributed by atoms with Crippen LogP contribution in [-0.4, -0.2) is 41.8 Å². The molecule has 2 atom stereocenters. The van der Waals surface area contributed by atoms with Gasteiger partial charge in [0.15, 0.2) is 0 Å². The average molecular weight is 404 g/mol. The van der Waals surface area contributed by atoms with Crippen molar-refractivity contribution in [3.63, 3.8) is 0 Å². The summed E-state index contributed by atoms with van der Waals surface area (Å²) in [5.74, 6) is 2.46. The lowest BCUT2D eigenvalue weighted by atomic mass is 10.1. The van der Waals surface area contributed by atoms with Gasteiger partial charge in [0.05, 0.1) is 23.2 Å². The van der Waals surface area contributed by atoms with E-state index in [4.69, 9.17) is 27.5 Å². The fraction of sp³-hybridized carbons (Fsp3) is 0.316. The van der Waals surface area contributed by atoms with Gasteiger partial charge in [0.1, 0.15) is 11.3 Å². The van der Waals surface area contributed by atoms with Gasteiger partial charge in [-0.15, -0.1) is 18.2 Å². The molecule has 6 nitrogen and oxygen atoms in total. The molecule has 2 aromatic rings. The molecule has 0 saturated carbocycles. The molecule has 1 aromatic heterocycles. The highest BCUT2D eigenvalue weighted by molar-refractivity contribution is 7.99. The molecular weight excluding hydrogens is 386 g/mol. The monoisotopic (exact) mass is 403 g/mol. The zero-order valence-electron chi connectivity index (χ0n) is 15.1. The first-order valence-corrected chi connectivity index (χ1v) is 9.50. The summed E-state index contributed by atoms with van der Waals surface area (Å²) in [5, 5.41) is 13.0. The first-order valence-electron chi connectivity index (χ1n) is 7.83. The Bertz CT molecular complexity index is 938. The highest BCUT2D eigenvalue weighted by atomic mass is 35.5. The summed E-state index contributed by atoms with van der Waals surface area (Å²) in [4.78, 5) is 16.8. The number of thioether (sulfide) groups is 1. The van der Waals surface area contributed by atoms with Crippen LogP contribution in [0.4, 0.5) is 0 Å². The van der Waals surface area contributed by atoms with Gasteiger partial charge >= 0.3 is 0 Å². The van der Waals surface area contributed by atoms with Gasteiger partial charge in [-0.2, -0.15) is 5.26 Å². The van der Waals surface area contributed by atoms with Crippen LogP contribution in [0.1, 0.15) is 12.5 Å². The summed E-state index contributed by atoms with van der Waals surface area (Å²) in [5.41, 5.74) is -0.841. The molecule has 2 unspecified atom stereocenters. The first-order chi connectivity index (χ1) is 12.9. The van der Waals surface area contributed by atoms with Gasteiger partial charge < -0.3 is 14.8 Å². The smallest absolute Gasteiger partial charge is 0.273 e. The van der Waals surface area contributed by atoms with E-state index in [0.29, 0.717) is 27.2 Å². The molecule has 2 rings (SSSR count). The van der Waals surface area contributed by atoms with Crippen LogP contribution in [0.15, 0.2) is 24.4 Å². The van der Waals surface area contributed by atoms with Crippen LogP contribution in [0.2, 0.25) is 5.02 Å². The van der Waals surface area contributed by atoms with Crippen molar-refractivity contribution < 1.29 is 14.3 Å². The number of hydrogen-bond donors (Lipinski definition) is 1. The quantitative estimate of drug-likeness (QED) is 0.565. The topological polar surface area (TPSA) is 84.2 Å². The van der Waals surface area contributed by atoms with E-state index in [2.05, 4.69) is 16.2 Å². The van der Waals surface area contributed by atoms with E-state index in [1.807, 2.05) is 6.07 Å². The molecule has 0 bridgehead atoms. The standard InChI is InChI=1S/C19H18ClN3O3S/c1-5-12-6-13-7-14(8-15(20)16(13)22-9-12)26-18(27-4)17(24)23-19(2,10-21)11-25-3/h1,6-9,18H,11H2,2-4H3,(H,23,24). The number of ether oxygens (including phenoxy) is 2. The minimum atomic E-state index is -1.16. The second-order valence-corrected chi connectivity index (χ2v) is 7.20. The van der Waals surface area contributed by atoms with Crippen molar-refractivity contribution in [2.45, 2.75) is 17.9 Å². The number of nitrogens with one attached hydrogen (secondary N) is 1. The number of nitrogens with zero attached hydrogens (tertiary/aromatic N) is 2. The number of carbonyl (C=O) groups is 1.